The summed E-state index contributed by atoms with van der Waals surface area (Å²) in [5, 5.41) is 19.7. The van der Waals surface area contributed by atoms with Gasteiger partial charge in [-0.15, -0.1) is 11.3 Å². The van der Waals surface area contributed by atoms with Gasteiger partial charge in [0, 0.05) is 13.1 Å². The van der Waals surface area contributed by atoms with E-state index in [4.69, 9.17) is 4.74 Å². The number of nitrogens with zero attached hydrogens (tertiary/aromatic N) is 2. The summed E-state index contributed by atoms with van der Waals surface area (Å²) in [5.41, 5.74) is 2.17. The summed E-state index contributed by atoms with van der Waals surface area (Å²) < 4.78 is 4.79. The van der Waals surface area contributed by atoms with Crippen molar-refractivity contribution in [3.63, 3.8) is 0 Å². The highest BCUT2D eigenvalue weighted by Crippen LogP contribution is 2.15. The van der Waals surface area contributed by atoms with Gasteiger partial charge in [0.2, 0.25) is 5.95 Å². The van der Waals surface area contributed by atoms with Crippen molar-refractivity contribution in [3.05, 3.63) is 69.2 Å². The quantitative estimate of drug-likeness (QED) is 0.213. The molecule has 4 N–H and O–H groups in total. The summed E-state index contributed by atoms with van der Waals surface area (Å²) >= 11 is 1.27. The number of methoxy groups -OCH3 is 1. The summed E-state index contributed by atoms with van der Waals surface area (Å²) in [6, 6.07) is 9.45. The molecule has 0 fully saturated rings. The average Bonchev–Trinajstić information content (AvgIpc) is 3.44. The van der Waals surface area contributed by atoms with Crippen LogP contribution in [0.5, 0.6) is 5.75 Å². The Labute approximate surface area is 226 Å². The number of anilines is 1. The van der Waals surface area contributed by atoms with Crippen LogP contribution in [0.15, 0.2) is 41.8 Å². The number of benzene rings is 1. The Morgan fingerprint density at radius 3 is 2.37 bits per heavy atom. The van der Waals surface area contributed by atoms with E-state index in [1.54, 1.807) is 49.6 Å². The number of phenolic OH excluding ortho intramolecular Hbond substituents is 1. The number of amides is 2. The molecule has 0 aliphatic rings. The van der Waals surface area contributed by atoms with Crippen LogP contribution in [0.3, 0.4) is 0 Å². The molecule has 3 rings (SSSR count). The fraction of sp³-hybridized carbons (Fsp3) is 0.370. The van der Waals surface area contributed by atoms with Crippen LogP contribution in [-0.2, 0) is 16.0 Å². The second-order valence-corrected chi connectivity index (χ2v) is 8.98. The summed E-state index contributed by atoms with van der Waals surface area (Å²) in [4.78, 5) is 46.7. The second-order valence-electron chi connectivity index (χ2n) is 8.03. The average molecular weight is 542 g/mol. The first kappa shape index (κ1) is 30.2. The van der Waals surface area contributed by atoms with Gasteiger partial charge in [-0.25, -0.2) is 14.8 Å². The van der Waals surface area contributed by atoms with E-state index in [1.807, 2.05) is 19.9 Å². The van der Waals surface area contributed by atoms with E-state index in [2.05, 4.69) is 25.9 Å². The molecule has 38 heavy (non-hydrogen) atoms. The highest BCUT2D eigenvalue weighted by Gasteiger charge is 2.25. The van der Waals surface area contributed by atoms with Gasteiger partial charge >= 0.3 is 5.97 Å². The Kier molecular flexibility index (Phi) is 12.2. The SMILES string of the molecule is CC.COC(=O)C(CNC(=O)c1cccs1)NC(=O)c1c(C)nc(NCCCc2cccc(O)c2)nc1C. The smallest absolute Gasteiger partial charge is 0.330 e. The number of thiophene rings is 1. The molecule has 10 nitrogen and oxygen atoms in total. The molecule has 0 saturated carbocycles. The van der Waals surface area contributed by atoms with Gasteiger partial charge in [0.1, 0.15) is 11.8 Å². The lowest BCUT2D eigenvalue weighted by Crippen LogP contribution is -2.49. The summed E-state index contributed by atoms with van der Waals surface area (Å²) in [6.45, 7) is 7.85. The van der Waals surface area contributed by atoms with Crippen LogP contribution >= 0.6 is 11.3 Å². The predicted octanol–water partition coefficient (Wildman–Crippen LogP) is 3.63. The number of hydrogen-bond acceptors (Lipinski definition) is 9. The minimum Gasteiger partial charge on any atom is -0.508 e. The second kappa shape index (κ2) is 15.3. The molecule has 1 aromatic carbocycles. The Morgan fingerprint density at radius 2 is 1.76 bits per heavy atom. The molecule has 0 radical (unpaired) electrons. The van der Waals surface area contributed by atoms with E-state index in [0.29, 0.717) is 28.8 Å². The first-order valence-corrected chi connectivity index (χ1v) is 13.2. The normalized spacial score (nSPS) is 11.0. The fourth-order valence-electron chi connectivity index (χ4n) is 3.58. The van der Waals surface area contributed by atoms with Gasteiger partial charge in [-0.2, -0.15) is 0 Å². The topological polar surface area (TPSA) is 143 Å². The minimum absolute atomic E-state index is 0.132. The molecule has 0 saturated heterocycles. The fourth-order valence-corrected chi connectivity index (χ4v) is 4.22. The Bertz CT molecular complexity index is 1190. The third-order valence-corrected chi connectivity index (χ3v) is 6.21. The number of carbonyl (C=O) groups excluding carboxylic acids is 3. The number of esters is 1. The zero-order valence-corrected chi connectivity index (χ0v) is 23.1. The number of aromatic nitrogens is 2. The van der Waals surface area contributed by atoms with E-state index in [-0.39, 0.29) is 23.8 Å². The molecule has 3 aromatic rings. The van der Waals surface area contributed by atoms with Gasteiger partial charge in [0.25, 0.3) is 11.8 Å². The van der Waals surface area contributed by atoms with E-state index < -0.39 is 17.9 Å². The van der Waals surface area contributed by atoms with Gasteiger partial charge in [-0.1, -0.05) is 32.0 Å². The standard InChI is InChI=1S/C25H29N5O5S.C2H6/c1-15-21(16(2)29-25(28-15)26-11-5-8-17-7-4-9-18(31)13-17)23(33)30-19(24(34)35-3)14-27-22(32)20-10-6-12-36-20;1-2/h4,6-7,9-10,12-13,19,31H,5,8,11,14H2,1-3H3,(H,27,32)(H,30,33)(H,26,28,29);1-2H3. The molecule has 0 aliphatic heterocycles. The van der Waals surface area contributed by atoms with Crippen LogP contribution in [0.4, 0.5) is 5.95 Å². The van der Waals surface area contributed by atoms with Crippen molar-refractivity contribution < 1.29 is 24.2 Å². The molecule has 0 bridgehead atoms. The highest BCUT2D eigenvalue weighted by molar-refractivity contribution is 7.12. The largest absolute Gasteiger partial charge is 0.508 e. The van der Waals surface area contributed by atoms with Crippen molar-refractivity contribution in [3.8, 4) is 5.75 Å². The summed E-state index contributed by atoms with van der Waals surface area (Å²) in [6.07, 6.45) is 1.57. The molecule has 1 atom stereocenters. The first-order valence-electron chi connectivity index (χ1n) is 12.4. The number of carbonyl (C=O) groups is 3. The van der Waals surface area contributed by atoms with Gasteiger partial charge in [-0.3, -0.25) is 9.59 Å². The van der Waals surface area contributed by atoms with Crippen molar-refractivity contribution in [2.75, 3.05) is 25.5 Å². The molecule has 2 heterocycles. The molecular formula is C27H35N5O5S. The Balaban J connectivity index is 0.00000247. The third-order valence-electron chi connectivity index (χ3n) is 5.34. The lowest BCUT2D eigenvalue weighted by molar-refractivity contribution is -0.142. The van der Waals surface area contributed by atoms with Crippen molar-refractivity contribution in [2.24, 2.45) is 0 Å². The summed E-state index contributed by atoms with van der Waals surface area (Å²) in [7, 11) is 1.21. The third kappa shape index (κ3) is 8.84. The number of aromatic hydroxyl groups is 1. The van der Waals surface area contributed by atoms with Gasteiger partial charge in [0.15, 0.2) is 0 Å². The van der Waals surface area contributed by atoms with E-state index >= 15 is 0 Å². The van der Waals surface area contributed by atoms with E-state index in [0.717, 1.165) is 18.4 Å². The van der Waals surface area contributed by atoms with Crippen LogP contribution in [0.1, 0.15) is 57.2 Å². The molecular weight excluding hydrogens is 506 g/mol. The number of ether oxygens (including phenoxy) is 1. The lowest BCUT2D eigenvalue weighted by atomic mass is 10.1. The van der Waals surface area contributed by atoms with Crippen LogP contribution in [0.25, 0.3) is 0 Å². The van der Waals surface area contributed by atoms with E-state index in [9.17, 15) is 19.5 Å². The van der Waals surface area contributed by atoms with Crippen LogP contribution in [-0.4, -0.2) is 59.1 Å². The van der Waals surface area contributed by atoms with Gasteiger partial charge in [-0.05, 0) is 55.8 Å². The highest BCUT2D eigenvalue weighted by atomic mass is 32.1. The van der Waals surface area contributed by atoms with E-state index in [1.165, 1.54) is 18.4 Å². The molecule has 0 spiro atoms. The number of aryl methyl sites for hydroxylation is 3. The maximum Gasteiger partial charge on any atom is 0.330 e. The zero-order valence-electron chi connectivity index (χ0n) is 22.3. The first-order chi connectivity index (χ1) is 18.3. The lowest BCUT2D eigenvalue weighted by Gasteiger charge is -2.18. The van der Waals surface area contributed by atoms with Crippen molar-refractivity contribution in [1.29, 1.82) is 0 Å². The van der Waals surface area contributed by atoms with Crippen molar-refractivity contribution in [2.45, 2.75) is 46.6 Å². The molecule has 2 amide bonds. The maximum atomic E-state index is 13.0. The van der Waals surface area contributed by atoms with Crippen molar-refractivity contribution in [1.82, 2.24) is 20.6 Å². The number of rotatable bonds is 11. The monoisotopic (exact) mass is 541 g/mol. The van der Waals surface area contributed by atoms with Crippen LogP contribution in [0, 0.1) is 13.8 Å². The van der Waals surface area contributed by atoms with Gasteiger partial charge < -0.3 is 25.8 Å². The number of hydrogen-bond donors (Lipinski definition) is 4. The molecule has 0 aliphatic carbocycles. The van der Waals surface area contributed by atoms with Gasteiger partial charge in [0.05, 0.1) is 28.9 Å². The Hall–Kier alpha value is -3.99. The molecule has 11 heteroatoms. The van der Waals surface area contributed by atoms with Crippen LogP contribution in [0.2, 0.25) is 0 Å². The minimum atomic E-state index is -1.08. The summed E-state index contributed by atoms with van der Waals surface area (Å²) in [5.74, 6) is -0.936. The van der Waals surface area contributed by atoms with Crippen LogP contribution < -0.4 is 16.0 Å². The molecule has 204 valence electrons. The zero-order chi connectivity index (χ0) is 28.1. The number of nitrogens with one attached hydrogen (secondary N) is 3. The van der Waals surface area contributed by atoms with Crippen molar-refractivity contribution >= 4 is 35.1 Å². The predicted molar refractivity (Wildman–Crippen MR) is 148 cm³/mol. The number of phenols is 1. The Morgan fingerprint density at radius 1 is 1.05 bits per heavy atom. The maximum absolute atomic E-state index is 13.0. The molecule has 1 unspecified atom stereocenters. The molecule has 2 aromatic heterocycles.